The van der Waals surface area contributed by atoms with Gasteiger partial charge in [-0.1, -0.05) is 49.0 Å². The van der Waals surface area contributed by atoms with E-state index in [1.165, 1.54) is 0 Å². The van der Waals surface area contributed by atoms with Crippen LogP contribution in [0.1, 0.15) is 51.4 Å². The first-order valence-electron chi connectivity index (χ1n) is 10.0. The molecule has 184 valence electrons. The summed E-state index contributed by atoms with van der Waals surface area (Å²) in [4.78, 5) is 0. The topological polar surface area (TPSA) is 186 Å². The van der Waals surface area contributed by atoms with Crippen molar-refractivity contribution < 1.29 is 98.0 Å². The van der Waals surface area contributed by atoms with Crippen molar-refractivity contribution in [2.24, 2.45) is 5.16 Å². The van der Waals surface area contributed by atoms with Gasteiger partial charge in [0.1, 0.15) is 34.9 Å². The third-order valence-electron chi connectivity index (χ3n) is 4.65. The minimum absolute atomic E-state index is 0. The van der Waals surface area contributed by atoms with Gasteiger partial charge in [0, 0.05) is 22.8 Å². The van der Waals surface area contributed by atoms with Gasteiger partial charge in [0.25, 0.3) is 10.4 Å². The summed E-state index contributed by atoms with van der Waals surface area (Å²) < 4.78 is 52.5. The van der Waals surface area contributed by atoms with E-state index in [1.807, 2.05) is 0 Å². The molecular formula is C17H32KNO10S3. The molecule has 1 heterocycles. The van der Waals surface area contributed by atoms with Gasteiger partial charge in [0.2, 0.25) is 0 Å². The minimum Gasteiger partial charge on any atom is -0.714 e. The van der Waals surface area contributed by atoms with Crippen molar-refractivity contribution in [1.29, 1.82) is 0 Å². The number of unbranched alkanes of at least 4 members (excludes halogenated alkanes) is 6. The van der Waals surface area contributed by atoms with Crippen LogP contribution in [0.4, 0.5) is 0 Å². The molecule has 0 aliphatic carbocycles. The summed E-state index contributed by atoms with van der Waals surface area (Å²) in [6.45, 7) is -0.603. The monoisotopic (exact) mass is 545 g/mol. The van der Waals surface area contributed by atoms with Crippen molar-refractivity contribution in [2.45, 2.75) is 81.2 Å². The largest absolute Gasteiger partial charge is 1.00 e. The Bertz CT molecular complexity index is 679. The van der Waals surface area contributed by atoms with Crippen LogP contribution in [0.25, 0.3) is 0 Å². The Kier molecular flexibility index (Phi) is 18.4. The average Bonchev–Trinajstić information content (AvgIpc) is 2.69. The van der Waals surface area contributed by atoms with Crippen LogP contribution in [-0.2, 0) is 30.2 Å². The summed E-state index contributed by atoms with van der Waals surface area (Å²) in [5.41, 5.74) is -1.16. The fourth-order valence-corrected chi connectivity index (χ4v) is 4.93. The van der Waals surface area contributed by atoms with Gasteiger partial charge in [-0.3, -0.25) is 8.49 Å². The fourth-order valence-electron chi connectivity index (χ4n) is 2.98. The van der Waals surface area contributed by atoms with Gasteiger partial charge in [-0.25, -0.2) is 0 Å². The third kappa shape index (κ3) is 14.0. The van der Waals surface area contributed by atoms with Crippen LogP contribution in [0.3, 0.4) is 0 Å². The SMILES string of the molecule is CS(=O)CCCCCCCCC/C(=N\OS(=O)(=O)[O-])S[C@@H]1O[C@H](CO)[C@@H](O)[C@H](O)[C@H]1O.[K+]. The molecule has 0 saturated carbocycles. The molecule has 4 N–H and O–H groups in total. The second kappa shape index (κ2) is 17.7. The number of aliphatic hydroxyl groups excluding tert-OH is 4. The van der Waals surface area contributed by atoms with Gasteiger partial charge in [-0.15, -0.1) is 0 Å². The first-order chi connectivity index (χ1) is 14.5. The molecule has 1 unspecified atom stereocenters. The van der Waals surface area contributed by atoms with Gasteiger partial charge in [-0.2, -0.15) is 8.42 Å². The predicted octanol–water partition coefficient (Wildman–Crippen LogP) is -3.19. The van der Waals surface area contributed by atoms with Crippen molar-refractivity contribution in [3.63, 3.8) is 0 Å². The van der Waals surface area contributed by atoms with E-state index >= 15 is 0 Å². The number of nitrogens with zero attached hydrogens (tertiary/aromatic N) is 1. The number of aliphatic hydroxyl groups is 4. The average molecular weight is 546 g/mol. The summed E-state index contributed by atoms with van der Waals surface area (Å²) in [5, 5.41) is 42.5. The van der Waals surface area contributed by atoms with E-state index in [9.17, 15) is 37.6 Å². The molecule has 0 aromatic carbocycles. The van der Waals surface area contributed by atoms with Crippen LogP contribution >= 0.6 is 11.8 Å². The molecule has 0 aromatic heterocycles. The molecule has 6 atom stereocenters. The summed E-state index contributed by atoms with van der Waals surface area (Å²) in [5.74, 6) is 0.706. The molecule has 0 radical (unpaired) electrons. The maximum Gasteiger partial charge on any atom is 1.00 e. The number of hydrogen-bond acceptors (Lipinski definition) is 12. The summed E-state index contributed by atoms with van der Waals surface area (Å²) in [6.07, 6.45) is 2.45. The summed E-state index contributed by atoms with van der Waals surface area (Å²) in [7, 11) is -5.83. The van der Waals surface area contributed by atoms with E-state index in [0.29, 0.717) is 12.2 Å². The fraction of sp³-hybridized carbons (Fsp3) is 0.941. The Morgan fingerprint density at radius 2 is 1.62 bits per heavy atom. The molecule has 1 fully saturated rings. The number of hydrogen-bond donors (Lipinski definition) is 4. The Labute approximate surface area is 238 Å². The zero-order valence-electron chi connectivity index (χ0n) is 18.4. The van der Waals surface area contributed by atoms with Crippen LogP contribution in [-0.4, -0.2) is 91.1 Å². The van der Waals surface area contributed by atoms with E-state index in [-0.39, 0.29) is 62.8 Å². The molecule has 1 rings (SSSR count). The van der Waals surface area contributed by atoms with Gasteiger partial charge in [0.05, 0.1) is 6.61 Å². The molecule has 32 heavy (non-hydrogen) atoms. The molecule has 11 nitrogen and oxygen atoms in total. The first kappa shape index (κ1) is 33.3. The second-order valence-corrected chi connectivity index (χ2v) is 11.0. The molecule has 1 saturated heterocycles. The number of thioether (sulfide) groups is 1. The van der Waals surface area contributed by atoms with Crippen molar-refractivity contribution in [3.05, 3.63) is 0 Å². The van der Waals surface area contributed by atoms with E-state index < -0.39 is 57.7 Å². The Hall–Kier alpha value is 1.32. The van der Waals surface area contributed by atoms with Crippen LogP contribution in [0.2, 0.25) is 0 Å². The van der Waals surface area contributed by atoms with Crippen molar-refractivity contribution in [3.8, 4) is 0 Å². The molecule has 15 heteroatoms. The van der Waals surface area contributed by atoms with Gasteiger partial charge >= 0.3 is 51.4 Å². The van der Waals surface area contributed by atoms with Gasteiger partial charge in [0.15, 0.2) is 0 Å². The standard InChI is InChI=1S/C17H33NO10S3.K/c1-30(23)10-8-6-4-2-3-5-7-9-13(18-28-31(24,25)26)29-17-16(22)15(21)14(20)12(11-19)27-17;/h12,14-17,19-22H,2-11H2,1H3,(H,24,25,26);/q;+1/p-1/b18-13+;/t12-,14-,15+,16-,17+,30?;/m1./s1. The van der Waals surface area contributed by atoms with Crippen LogP contribution in [0, 0.1) is 0 Å². The van der Waals surface area contributed by atoms with E-state index in [0.717, 1.165) is 50.3 Å². The molecule has 0 amide bonds. The molecular weight excluding hydrogens is 513 g/mol. The van der Waals surface area contributed by atoms with Crippen molar-refractivity contribution in [1.82, 2.24) is 0 Å². The predicted molar refractivity (Wildman–Crippen MR) is 115 cm³/mol. The maximum atomic E-state index is 11.0. The second-order valence-electron chi connectivity index (χ2n) is 7.29. The zero-order chi connectivity index (χ0) is 23.4. The Morgan fingerprint density at radius 1 is 1.06 bits per heavy atom. The van der Waals surface area contributed by atoms with Crippen LogP contribution in [0.15, 0.2) is 5.16 Å². The number of ether oxygens (including phenoxy) is 1. The zero-order valence-corrected chi connectivity index (χ0v) is 23.9. The summed E-state index contributed by atoms with van der Waals surface area (Å²) >= 11 is 0.755. The van der Waals surface area contributed by atoms with E-state index in [1.54, 1.807) is 6.26 Å². The third-order valence-corrected chi connectivity index (χ3v) is 6.95. The summed E-state index contributed by atoms with van der Waals surface area (Å²) in [6, 6.07) is 0. The number of rotatable bonds is 14. The maximum absolute atomic E-state index is 11.0. The minimum atomic E-state index is -5.07. The molecule has 0 bridgehead atoms. The smallest absolute Gasteiger partial charge is 0.714 e. The quantitative estimate of drug-likeness (QED) is 0.0328. The van der Waals surface area contributed by atoms with Gasteiger partial charge in [-0.05, 0) is 19.3 Å². The Morgan fingerprint density at radius 3 is 2.16 bits per heavy atom. The van der Waals surface area contributed by atoms with Crippen LogP contribution in [0.5, 0.6) is 0 Å². The van der Waals surface area contributed by atoms with Crippen LogP contribution < -0.4 is 51.4 Å². The Balaban J connectivity index is 0.00000961. The van der Waals surface area contributed by atoms with Gasteiger partial charge < -0.3 is 29.7 Å². The van der Waals surface area contributed by atoms with E-state index in [4.69, 9.17) is 4.74 Å². The van der Waals surface area contributed by atoms with Crippen molar-refractivity contribution in [2.75, 3.05) is 18.6 Å². The normalized spacial score (nSPS) is 27.6. The first-order valence-corrected chi connectivity index (χ1v) is 14.0. The van der Waals surface area contributed by atoms with E-state index in [2.05, 4.69) is 9.44 Å². The number of oxime groups is 1. The molecule has 1 aliphatic heterocycles. The van der Waals surface area contributed by atoms with Crippen molar-refractivity contribution >= 4 is 38.0 Å². The molecule has 0 spiro atoms. The molecule has 1 aliphatic rings. The molecule has 0 aromatic rings.